The van der Waals surface area contributed by atoms with Gasteiger partial charge in [-0.2, -0.15) is 0 Å². The molecular formula is C26H24ClN3O2S. The van der Waals surface area contributed by atoms with Crippen molar-refractivity contribution in [2.45, 2.75) is 31.8 Å². The Bertz CT molecular complexity index is 1400. The molecule has 0 aliphatic rings. The highest BCUT2D eigenvalue weighted by Gasteiger charge is 2.17. The average Bonchev–Trinajstić information content (AvgIpc) is 2.80. The van der Waals surface area contributed by atoms with E-state index in [1.54, 1.807) is 28.8 Å². The highest BCUT2D eigenvalue weighted by atomic mass is 35.5. The van der Waals surface area contributed by atoms with Crippen molar-refractivity contribution in [2.24, 2.45) is 0 Å². The molecule has 0 bridgehead atoms. The van der Waals surface area contributed by atoms with E-state index in [0.717, 1.165) is 16.8 Å². The van der Waals surface area contributed by atoms with Crippen LogP contribution in [0.3, 0.4) is 0 Å². The van der Waals surface area contributed by atoms with Crippen LogP contribution in [0.5, 0.6) is 0 Å². The summed E-state index contributed by atoms with van der Waals surface area (Å²) in [6, 6.07) is 20.4. The summed E-state index contributed by atoms with van der Waals surface area (Å²) in [4.78, 5) is 31.0. The van der Waals surface area contributed by atoms with E-state index in [4.69, 9.17) is 16.6 Å². The van der Waals surface area contributed by atoms with E-state index >= 15 is 0 Å². The number of fused-ring (bicyclic) bond motifs is 1. The minimum Gasteiger partial charge on any atom is -0.325 e. The zero-order chi connectivity index (χ0) is 23.5. The molecule has 5 nitrogen and oxygen atoms in total. The lowest BCUT2D eigenvalue weighted by molar-refractivity contribution is -0.113. The quantitative estimate of drug-likeness (QED) is 0.265. The van der Waals surface area contributed by atoms with Gasteiger partial charge in [0.05, 0.1) is 22.3 Å². The Hall–Kier alpha value is -3.09. The molecule has 7 heteroatoms. The number of rotatable bonds is 6. The SMILES string of the molecule is Cc1c(Cl)cccc1-n1c(SCC(=O)Nc2ccccc2C(C)C)nc2ccccc2c1=O. The Kier molecular flexibility index (Phi) is 6.86. The maximum atomic E-state index is 13.4. The zero-order valence-electron chi connectivity index (χ0n) is 18.6. The van der Waals surface area contributed by atoms with Gasteiger partial charge in [0, 0.05) is 10.7 Å². The molecule has 168 valence electrons. The summed E-state index contributed by atoms with van der Waals surface area (Å²) in [6.45, 7) is 6.04. The second-order valence-corrected chi connectivity index (χ2v) is 9.36. The largest absolute Gasteiger partial charge is 0.325 e. The van der Waals surface area contributed by atoms with Crippen LogP contribution in [0, 0.1) is 6.92 Å². The van der Waals surface area contributed by atoms with E-state index in [1.165, 1.54) is 11.8 Å². The number of benzene rings is 3. The van der Waals surface area contributed by atoms with Crippen LogP contribution in [0.2, 0.25) is 5.02 Å². The number of aromatic nitrogens is 2. The van der Waals surface area contributed by atoms with Crippen molar-refractivity contribution in [3.8, 4) is 5.69 Å². The molecule has 1 amide bonds. The number of nitrogens with zero attached hydrogens (tertiary/aromatic N) is 2. The number of thioether (sulfide) groups is 1. The maximum absolute atomic E-state index is 13.4. The number of para-hydroxylation sites is 2. The van der Waals surface area contributed by atoms with Crippen molar-refractivity contribution < 1.29 is 4.79 Å². The van der Waals surface area contributed by atoms with Crippen LogP contribution in [-0.4, -0.2) is 21.2 Å². The molecule has 0 atom stereocenters. The smallest absolute Gasteiger partial charge is 0.266 e. The molecule has 1 N–H and O–H groups in total. The summed E-state index contributed by atoms with van der Waals surface area (Å²) in [7, 11) is 0. The third-order valence-electron chi connectivity index (χ3n) is 5.41. The van der Waals surface area contributed by atoms with E-state index in [0.29, 0.717) is 26.8 Å². The van der Waals surface area contributed by atoms with E-state index in [9.17, 15) is 9.59 Å². The zero-order valence-corrected chi connectivity index (χ0v) is 20.2. The van der Waals surface area contributed by atoms with Crippen LogP contribution in [-0.2, 0) is 4.79 Å². The minimum atomic E-state index is -0.195. The van der Waals surface area contributed by atoms with Gasteiger partial charge in [-0.05, 0) is 54.3 Å². The maximum Gasteiger partial charge on any atom is 0.266 e. The fourth-order valence-corrected chi connectivity index (χ4v) is 4.67. The van der Waals surface area contributed by atoms with Crippen LogP contribution in [0.4, 0.5) is 5.69 Å². The number of hydrogen-bond donors (Lipinski definition) is 1. The van der Waals surface area contributed by atoms with Crippen molar-refractivity contribution in [3.63, 3.8) is 0 Å². The van der Waals surface area contributed by atoms with Crippen LogP contribution in [0.15, 0.2) is 76.7 Å². The third kappa shape index (κ3) is 4.82. The van der Waals surface area contributed by atoms with Crippen molar-refractivity contribution in [2.75, 3.05) is 11.1 Å². The minimum absolute atomic E-state index is 0.108. The first kappa shape index (κ1) is 23.1. The van der Waals surface area contributed by atoms with Crippen molar-refractivity contribution in [1.82, 2.24) is 9.55 Å². The Labute approximate surface area is 201 Å². The highest BCUT2D eigenvalue weighted by molar-refractivity contribution is 7.99. The fraction of sp³-hybridized carbons (Fsp3) is 0.192. The predicted octanol–water partition coefficient (Wildman–Crippen LogP) is 6.20. The first-order chi connectivity index (χ1) is 15.9. The molecule has 0 saturated carbocycles. The van der Waals surface area contributed by atoms with Gasteiger partial charge in [0.1, 0.15) is 0 Å². The lowest BCUT2D eigenvalue weighted by Gasteiger charge is -2.16. The van der Waals surface area contributed by atoms with Crippen LogP contribution in [0.25, 0.3) is 16.6 Å². The second-order valence-electron chi connectivity index (χ2n) is 8.01. The molecule has 4 rings (SSSR count). The van der Waals surface area contributed by atoms with Crippen LogP contribution in [0.1, 0.15) is 30.9 Å². The van der Waals surface area contributed by atoms with Gasteiger partial charge in [-0.15, -0.1) is 0 Å². The lowest BCUT2D eigenvalue weighted by atomic mass is 10.0. The summed E-state index contributed by atoms with van der Waals surface area (Å²) in [6.07, 6.45) is 0. The first-order valence-electron chi connectivity index (χ1n) is 10.7. The topological polar surface area (TPSA) is 64.0 Å². The van der Waals surface area contributed by atoms with Gasteiger partial charge in [0.15, 0.2) is 5.16 Å². The molecule has 0 unspecified atom stereocenters. The van der Waals surface area contributed by atoms with Crippen molar-refractivity contribution in [1.29, 1.82) is 0 Å². The van der Waals surface area contributed by atoms with Crippen molar-refractivity contribution in [3.05, 3.63) is 93.2 Å². The van der Waals surface area contributed by atoms with Gasteiger partial charge in [0.2, 0.25) is 5.91 Å². The normalized spacial score (nSPS) is 11.2. The molecule has 0 radical (unpaired) electrons. The molecule has 0 spiro atoms. The Morgan fingerprint density at radius 3 is 2.58 bits per heavy atom. The lowest BCUT2D eigenvalue weighted by Crippen LogP contribution is -2.23. The molecule has 4 aromatic rings. The Morgan fingerprint density at radius 1 is 1.06 bits per heavy atom. The van der Waals surface area contributed by atoms with E-state index < -0.39 is 0 Å². The Balaban J connectivity index is 1.70. The summed E-state index contributed by atoms with van der Waals surface area (Å²) in [5, 5.41) is 4.51. The van der Waals surface area contributed by atoms with E-state index in [-0.39, 0.29) is 23.1 Å². The summed E-state index contributed by atoms with van der Waals surface area (Å²) >= 11 is 7.56. The van der Waals surface area contributed by atoms with Crippen molar-refractivity contribution >= 4 is 45.9 Å². The molecule has 0 fully saturated rings. The molecule has 33 heavy (non-hydrogen) atoms. The van der Waals surface area contributed by atoms with Gasteiger partial charge in [-0.1, -0.05) is 73.6 Å². The van der Waals surface area contributed by atoms with Gasteiger partial charge in [-0.25, -0.2) is 4.98 Å². The number of amides is 1. The number of anilines is 1. The molecular weight excluding hydrogens is 454 g/mol. The summed E-state index contributed by atoms with van der Waals surface area (Å²) < 4.78 is 1.55. The summed E-state index contributed by atoms with van der Waals surface area (Å²) in [5.74, 6) is 0.230. The second kappa shape index (κ2) is 9.81. The van der Waals surface area contributed by atoms with Crippen LogP contribution >= 0.6 is 23.4 Å². The molecule has 1 aromatic heterocycles. The van der Waals surface area contributed by atoms with Crippen LogP contribution < -0.4 is 10.9 Å². The van der Waals surface area contributed by atoms with Gasteiger partial charge < -0.3 is 5.32 Å². The number of carbonyl (C=O) groups excluding carboxylic acids is 1. The highest BCUT2D eigenvalue weighted by Crippen LogP contribution is 2.27. The van der Waals surface area contributed by atoms with E-state index in [1.807, 2.05) is 49.4 Å². The number of hydrogen-bond acceptors (Lipinski definition) is 4. The standard InChI is InChI=1S/C26H24ClN3O2S/c1-16(2)18-9-4-6-12-21(18)28-24(31)15-33-26-29-22-13-7-5-10-19(22)25(32)30(26)23-14-8-11-20(27)17(23)3/h4-14,16H,15H2,1-3H3,(H,28,31). The number of carbonyl (C=O) groups is 1. The number of halogens is 1. The van der Waals surface area contributed by atoms with Gasteiger partial charge in [0.25, 0.3) is 5.56 Å². The summed E-state index contributed by atoms with van der Waals surface area (Å²) in [5.41, 5.74) is 3.69. The molecule has 0 aliphatic heterocycles. The monoisotopic (exact) mass is 477 g/mol. The Morgan fingerprint density at radius 2 is 1.79 bits per heavy atom. The predicted molar refractivity (Wildman–Crippen MR) is 137 cm³/mol. The van der Waals surface area contributed by atoms with Gasteiger partial charge >= 0.3 is 0 Å². The molecule has 3 aromatic carbocycles. The average molecular weight is 478 g/mol. The molecule has 0 aliphatic carbocycles. The van der Waals surface area contributed by atoms with Gasteiger partial charge in [-0.3, -0.25) is 14.2 Å². The molecule has 1 heterocycles. The van der Waals surface area contributed by atoms with E-state index in [2.05, 4.69) is 19.2 Å². The third-order valence-corrected chi connectivity index (χ3v) is 6.76. The molecule has 0 saturated heterocycles. The fourth-order valence-electron chi connectivity index (χ4n) is 3.69. The first-order valence-corrected chi connectivity index (χ1v) is 12.0. The number of nitrogens with one attached hydrogen (secondary N) is 1.